The fourth-order valence-corrected chi connectivity index (χ4v) is 3.96. The van der Waals surface area contributed by atoms with Crippen LogP contribution in [0.2, 0.25) is 0 Å². The molecule has 0 aliphatic heterocycles. The zero-order valence-electron chi connectivity index (χ0n) is 15.4. The van der Waals surface area contributed by atoms with Gasteiger partial charge in [0, 0.05) is 30.1 Å². The average Bonchev–Trinajstić information content (AvgIpc) is 3.28. The number of benzene rings is 1. The van der Waals surface area contributed by atoms with Crippen molar-refractivity contribution in [2.75, 3.05) is 39.2 Å². The molecule has 0 radical (unpaired) electrons. The summed E-state index contributed by atoms with van der Waals surface area (Å²) in [4.78, 5) is 22.3. The van der Waals surface area contributed by atoms with Crippen LogP contribution in [0.5, 0.6) is 5.75 Å². The summed E-state index contributed by atoms with van der Waals surface area (Å²) in [5.74, 6) is 0.699. The minimum absolute atomic E-state index is 0. The molecule has 0 spiro atoms. The third-order valence-corrected chi connectivity index (χ3v) is 5.68. The third kappa shape index (κ3) is 5.52. The Labute approximate surface area is 173 Å². The van der Waals surface area contributed by atoms with E-state index < -0.39 is 0 Å². The number of anilines is 1. The van der Waals surface area contributed by atoms with Crippen LogP contribution in [0.25, 0.3) is 16.3 Å². The molecule has 0 aliphatic rings. The maximum Gasteiger partial charge on any atom is 0.252 e. The third-order valence-electron chi connectivity index (χ3n) is 3.78. The highest BCUT2D eigenvalue weighted by Gasteiger charge is 2.18. The van der Waals surface area contributed by atoms with E-state index in [1.165, 1.54) is 11.3 Å². The summed E-state index contributed by atoms with van der Waals surface area (Å²) >= 11 is 3.12. The Hall–Kier alpha value is -1.93. The standard InChI is InChI=1S/C19H21N3O2S2.ClH/c1-21(2)10-11-22(18(23)9-7-15-5-4-12-25-15)19-20-16-13-14(24-3)6-8-17(16)26-19;/h4-9,12-13H,10-11H2,1-3H3;1H/b9-7+;. The summed E-state index contributed by atoms with van der Waals surface area (Å²) in [5.41, 5.74) is 0.842. The average molecular weight is 424 g/mol. The molecule has 0 saturated heterocycles. The van der Waals surface area contributed by atoms with Crippen LogP contribution >= 0.6 is 35.1 Å². The fraction of sp³-hybridized carbons (Fsp3) is 0.263. The zero-order valence-corrected chi connectivity index (χ0v) is 17.9. The van der Waals surface area contributed by atoms with E-state index in [-0.39, 0.29) is 18.3 Å². The lowest BCUT2D eigenvalue weighted by Crippen LogP contribution is -2.35. The molecule has 0 aliphatic carbocycles. The molecule has 0 unspecified atom stereocenters. The Balaban J connectivity index is 0.00000261. The molecule has 0 fully saturated rings. The van der Waals surface area contributed by atoms with Gasteiger partial charge < -0.3 is 9.64 Å². The summed E-state index contributed by atoms with van der Waals surface area (Å²) in [6.07, 6.45) is 3.47. The number of aromatic nitrogens is 1. The number of likely N-dealkylation sites (N-methyl/N-ethyl adjacent to an activating group) is 1. The topological polar surface area (TPSA) is 45.7 Å². The number of carbonyl (C=O) groups excluding carboxylic acids is 1. The molecule has 0 atom stereocenters. The van der Waals surface area contributed by atoms with Crippen LogP contribution in [0.15, 0.2) is 41.8 Å². The summed E-state index contributed by atoms with van der Waals surface area (Å²) in [6.45, 7) is 1.34. The molecule has 5 nitrogen and oxygen atoms in total. The van der Waals surface area contributed by atoms with E-state index in [0.29, 0.717) is 11.7 Å². The number of fused-ring (bicyclic) bond motifs is 1. The van der Waals surface area contributed by atoms with Crippen molar-refractivity contribution in [2.24, 2.45) is 0 Å². The highest BCUT2D eigenvalue weighted by atomic mass is 35.5. The van der Waals surface area contributed by atoms with Gasteiger partial charge in [-0.1, -0.05) is 17.4 Å². The monoisotopic (exact) mass is 423 g/mol. The van der Waals surface area contributed by atoms with Gasteiger partial charge in [-0.25, -0.2) is 4.98 Å². The molecule has 2 aromatic heterocycles. The molecule has 0 N–H and O–H groups in total. The fourth-order valence-electron chi connectivity index (χ4n) is 2.37. The van der Waals surface area contributed by atoms with Crippen LogP contribution in [-0.4, -0.2) is 50.1 Å². The van der Waals surface area contributed by atoms with Crippen LogP contribution < -0.4 is 9.64 Å². The first-order chi connectivity index (χ1) is 12.6. The lowest BCUT2D eigenvalue weighted by Gasteiger charge is -2.20. The predicted octanol–water partition coefficient (Wildman–Crippen LogP) is 4.40. The molecule has 0 bridgehead atoms. The van der Waals surface area contributed by atoms with Crippen molar-refractivity contribution in [1.29, 1.82) is 0 Å². The summed E-state index contributed by atoms with van der Waals surface area (Å²) in [5, 5.41) is 2.70. The lowest BCUT2D eigenvalue weighted by atomic mass is 10.3. The van der Waals surface area contributed by atoms with Crippen molar-refractivity contribution in [3.8, 4) is 5.75 Å². The van der Waals surface area contributed by atoms with Gasteiger partial charge in [-0.05, 0) is 43.8 Å². The van der Waals surface area contributed by atoms with Crippen molar-refractivity contribution in [3.05, 3.63) is 46.7 Å². The normalized spacial score (nSPS) is 11.1. The minimum Gasteiger partial charge on any atom is -0.497 e. The summed E-state index contributed by atoms with van der Waals surface area (Å²) in [7, 11) is 5.62. The number of thiophene rings is 1. The van der Waals surface area contributed by atoms with Crippen LogP contribution in [0.4, 0.5) is 5.13 Å². The van der Waals surface area contributed by atoms with Crippen LogP contribution in [0.1, 0.15) is 4.88 Å². The van der Waals surface area contributed by atoms with E-state index in [4.69, 9.17) is 4.74 Å². The smallest absolute Gasteiger partial charge is 0.252 e. The first-order valence-corrected chi connectivity index (χ1v) is 9.89. The highest BCUT2D eigenvalue weighted by molar-refractivity contribution is 7.22. The van der Waals surface area contributed by atoms with E-state index >= 15 is 0 Å². The molecule has 1 amide bonds. The molecule has 27 heavy (non-hydrogen) atoms. The minimum atomic E-state index is -0.0636. The number of nitrogens with zero attached hydrogens (tertiary/aromatic N) is 3. The van der Waals surface area contributed by atoms with Crippen molar-refractivity contribution < 1.29 is 9.53 Å². The second-order valence-electron chi connectivity index (χ2n) is 5.97. The number of rotatable bonds is 7. The molecule has 2 heterocycles. The molecule has 0 saturated carbocycles. The van der Waals surface area contributed by atoms with Crippen LogP contribution in [-0.2, 0) is 4.79 Å². The lowest BCUT2D eigenvalue weighted by molar-refractivity contribution is -0.114. The number of hydrogen-bond donors (Lipinski definition) is 0. The number of carbonyl (C=O) groups is 1. The highest BCUT2D eigenvalue weighted by Crippen LogP contribution is 2.31. The predicted molar refractivity (Wildman–Crippen MR) is 118 cm³/mol. The second-order valence-corrected chi connectivity index (χ2v) is 7.96. The number of hydrogen-bond acceptors (Lipinski definition) is 6. The van der Waals surface area contributed by atoms with Crippen molar-refractivity contribution >= 4 is 62.4 Å². The summed E-state index contributed by atoms with van der Waals surface area (Å²) < 4.78 is 6.30. The second kappa shape index (κ2) is 9.85. The Kier molecular flexibility index (Phi) is 7.79. The van der Waals surface area contributed by atoms with Crippen LogP contribution in [0, 0.1) is 0 Å². The SMILES string of the molecule is COc1ccc2sc(N(CCN(C)C)C(=O)/C=C/c3cccs3)nc2c1.Cl. The number of ether oxygens (including phenoxy) is 1. The zero-order chi connectivity index (χ0) is 18.5. The van der Waals surface area contributed by atoms with Gasteiger partial charge in [-0.3, -0.25) is 9.69 Å². The van der Waals surface area contributed by atoms with E-state index in [2.05, 4.69) is 9.88 Å². The molecule has 144 valence electrons. The van der Waals surface area contributed by atoms with E-state index in [1.54, 1.807) is 29.4 Å². The van der Waals surface area contributed by atoms with Crippen molar-refractivity contribution in [2.45, 2.75) is 0 Å². The molecular formula is C19H22ClN3O2S2. The van der Waals surface area contributed by atoms with E-state index in [0.717, 1.165) is 27.4 Å². The molecular weight excluding hydrogens is 402 g/mol. The molecule has 3 aromatic rings. The molecule has 8 heteroatoms. The van der Waals surface area contributed by atoms with Crippen LogP contribution in [0.3, 0.4) is 0 Å². The Morgan fingerprint density at radius 3 is 2.74 bits per heavy atom. The van der Waals surface area contributed by atoms with Gasteiger partial charge >= 0.3 is 0 Å². The molecule has 1 aromatic carbocycles. The van der Waals surface area contributed by atoms with Gasteiger partial charge in [0.1, 0.15) is 5.75 Å². The number of halogens is 1. The number of amides is 1. The quantitative estimate of drug-likeness (QED) is 0.528. The van der Waals surface area contributed by atoms with Crippen molar-refractivity contribution in [1.82, 2.24) is 9.88 Å². The van der Waals surface area contributed by atoms with Gasteiger partial charge in [0.05, 0.1) is 17.3 Å². The Morgan fingerprint density at radius 1 is 1.26 bits per heavy atom. The Bertz CT molecular complexity index is 907. The van der Waals surface area contributed by atoms with E-state index in [9.17, 15) is 4.79 Å². The van der Waals surface area contributed by atoms with Gasteiger partial charge in [0.2, 0.25) is 0 Å². The van der Waals surface area contributed by atoms with E-state index in [1.807, 2.05) is 55.9 Å². The summed E-state index contributed by atoms with van der Waals surface area (Å²) in [6, 6.07) is 9.74. The largest absolute Gasteiger partial charge is 0.497 e. The first kappa shape index (κ1) is 21.4. The van der Waals surface area contributed by atoms with Crippen molar-refractivity contribution in [3.63, 3.8) is 0 Å². The number of methoxy groups -OCH3 is 1. The molecule has 3 rings (SSSR count). The van der Waals surface area contributed by atoms with Gasteiger partial charge in [0.25, 0.3) is 5.91 Å². The van der Waals surface area contributed by atoms with Gasteiger partial charge in [-0.2, -0.15) is 0 Å². The maximum atomic E-state index is 12.8. The number of thiazole rings is 1. The van der Waals surface area contributed by atoms with Gasteiger partial charge in [-0.15, -0.1) is 23.7 Å². The Morgan fingerprint density at radius 2 is 2.07 bits per heavy atom. The first-order valence-electron chi connectivity index (χ1n) is 8.19. The van der Waals surface area contributed by atoms with Gasteiger partial charge in [0.15, 0.2) is 5.13 Å². The maximum absolute atomic E-state index is 12.8.